The SMILES string of the molecule is CCC(O)c1c[nH]c(-c2ccc(F)cc2F)n1. The Morgan fingerprint density at radius 1 is 1.41 bits per heavy atom. The van der Waals surface area contributed by atoms with Gasteiger partial charge in [0.05, 0.1) is 17.4 Å². The van der Waals surface area contributed by atoms with Crippen molar-refractivity contribution in [3.63, 3.8) is 0 Å². The maximum Gasteiger partial charge on any atom is 0.140 e. The molecular formula is C12H12F2N2O. The Labute approximate surface area is 97.1 Å². The van der Waals surface area contributed by atoms with Crippen molar-refractivity contribution >= 4 is 0 Å². The number of aliphatic hydroxyl groups is 1. The zero-order chi connectivity index (χ0) is 12.4. The average Bonchev–Trinajstić information content (AvgIpc) is 2.77. The molecule has 17 heavy (non-hydrogen) atoms. The number of benzene rings is 1. The summed E-state index contributed by atoms with van der Waals surface area (Å²) in [5.74, 6) is -1.03. The number of H-pyrrole nitrogens is 1. The molecule has 0 aliphatic heterocycles. The first-order valence-corrected chi connectivity index (χ1v) is 5.30. The molecule has 2 aromatic rings. The van der Waals surface area contributed by atoms with Crippen molar-refractivity contribution in [2.45, 2.75) is 19.4 Å². The molecule has 2 rings (SSSR count). The molecule has 1 atom stereocenters. The standard InChI is InChI=1S/C12H12F2N2O/c1-2-11(17)10-6-15-12(16-10)8-4-3-7(13)5-9(8)14/h3-6,11,17H,2H2,1H3,(H,15,16). The van der Waals surface area contributed by atoms with Crippen molar-refractivity contribution in [3.8, 4) is 11.4 Å². The van der Waals surface area contributed by atoms with Crippen LogP contribution in [0.1, 0.15) is 25.1 Å². The van der Waals surface area contributed by atoms with E-state index in [4.69, 9.17) is 0 Å². The van der Waals surface area contributed by atoms with Gasteiger partial charge < -0.3 is 10.1 Å². The van der Waals surface area contributed by atoms with Crippen LogP contribution in [0.4, 0.5) is 8.78 Å². The van der Waals surface area contributed by atoms with Gasteiger partial charge in [0.1, 0.15) is 17.5 Å². The summed E-state index contributed by atoms with van der Waals surface area (Å²) < 4.78 is 26.2. The highest BCUT2D eigenvalue weighted by Gasteiger charge is 2.13. The minimum Gasteiger partial charge on any atom is -0.387 e. The summed E-state index contributed by atoms with van der Waals surface area (Å²) in [6, 6.07) is 3.27. The molecular weight excluding hydrogens is 226 g/mol. The van der Waals surface area contributed by atoms with Crippen molar-refractivity contribution in [2.75, 3.05) is 0 Å². The van der Waals surface area contributed by atoms with E-state index in [1.54, 1.807) is 0 Å². The van der Waals surface area contributed by atoms with Crippen LogP contribution < -0.4 is 0 Å². The highest BCUT2D eigenvalue weighted by molar-refractivity contribution is 5.56. The van der Waals surface area contributed by atoms with E-state index in [1.807, 2.05) is 6.92 Å². The summed E-state index contributed by atoms with van der Waals surface area (Å²) in [5.41, 5.74) is 0.632. The molecule has 0 aliphatic rings. The summed E-state index contributed by atoms with van der Waals surface area (Å²) in [4.78, 5) is 6.84. The number of halogens is 2. The number of hydrogen-bond donors (Lipinski definition) is 2. The van der Waals surface area contributed by atoms with Crippen molar-refractivity contribution in [1.29, 1.82) is 0 Å². The Balaban J connectivity index is 2.37. The van der Waals surface area contributed by atoms with Gasteiger partial charge >= 0.3 is 0 Å². The number of nitrogens with one attached hydrogen (secondary N) is 1. The molecule has 5 heteroatoms. The number of aromatic nitrogens is 2. The van der Waals surface area contributed by atoms with Crippen LogP contribution >= 0.6 is 0 Å². The van der Waals surface area contributed by atoms with Gasteiger partial charge in [0.15, 0.2) is 0 Å². The van der Waals surface area contributed by atoms with E-state index in [2.05, 4.69) is 9.97 Å². The lowest BCUT2D eigenvalue weighted by atomic mass is 10.2. The number of hydrogen-bond acceptors (Lipinski definition) is 2. The summed E-state index contributed by atoms with van der Waals surface area (Å²) in [7, 11) is 0. The Hall–Kier alpha value is -1.75. The molecule has 0 radical (unpaired) electrons. The molecule has 1 heterocycles. The lowest BCUT2D eigenvalue weighted by molar-refractivity contribution is 0.169. The van der Waals surface area contributed by atoms with Gasteiger partial charge in [-0.2, -0.15) is 0 Å². The van der Waals surface area contributed by atoms with Gasteiger partial charge in [-0.1, -0.05) is 6.92 Å². The van der Waals surface area contributed by atoms with Crippen LogP contribution in [0, 0.1) is 11.6 Å². The van der Waals surface area contributed by atoms with E-state index < -0.39 is 17.7 Å². The molecule has 0 bridgehead atoms. The van der Waals surface area contributed by atoms with Crippen LogP contribution in [0.15, 0.2) is 24.4 Å². The van der Waals surface area contributed by atoms with Gasteiger partial charge in [0.2, 0.25) is 0 Å². The Bertz CT molecular complexity index is 525. The van der Waals surface area contributed by atoms with Crippen molar-refractivity contribution in [2.24, 2.45) is 0 Å². The maximum atomic E-state index is 13.5. The molecule has 1 unspecified atom stereocenters. The van der Waals surface area contributed by atoms with Crippen molar-refractivity contribution in [1.82, 2.24) is 9.97 Å². The Morgan fingerprint density at radius 2 is 2.18 bits per heavy atom. The summed E-state index contributed by atoms with van der Waals surface area (Å²) >= 11 is 0. The molecule has 90 valence electrons. The largest absolute Gasteiger partial charge is 0.387 e. The molecule has 0 fully saturated rings. The highest BCUT2D eigenvalue weighted by atomic mass is 19.1. The third-order valence-corrected chi connectivity index (χ3v) is 2.51. The minimum atomic E-state index is -0.683. The molecule has 0 spiro atoms. The Kier molecular flexibility index (Phi) is 3.19. The molecule has 1 aromatic heterocycles. The molecule has 0 aliphatic carbocycles. The number of aromatic amines is 1. The van der Waals surface area contributed by atoms with E-state index >= 15 is 0 Å². The van der Waals surface area contributed by atoms with Crippen molar-refractivity contribution < 1.29 is 13.9 Å². The van der Waals surface area contributed by atoms with Crippen molar-refractivity contribution in [3.05, 3.63) is 41.7 Å². The van der Waals surface area contributed by atoms with E-state index in [-0.39, 0.29) is 11.4 Å². The molecule has 0 saturated carbocycles. The maximum absolute atomic E-state index is 13.5. The average molecular weight is 238 g/mol. The van der Waals surface area contributed by atoms with Crippen LogP contribution in [-0.2, 0) is 0 Å². The fraction of sp³-hybridized carbons (Fsp3) is 0.250. The molecule has 0 saturated heterocycles. The van der Waals surface area contributed by atoms with Gasteiger partial charge in [0, 0.05) is 12.3 Å². The van der Waals surface area contributed by atoms with E-state index in [0.717, 1.165) is 12.1 Å². The molecule has 3 nitrogen and oxygen atoms in total. The van der Waals surface area contributed by atoms with E-state index in [0.29, 0.717) is 12.1 Å². The lowest BCUT2D eigenvalue weighted by Gasteiger charge is -2.02. The first-order chi connectivity index (χ1) is 8.11. The Morgan fingerprint density at radius 3 is 2.82 bits per heavy atom. The second kappa shape index (κ2) is 4.63. The first kappa shape index (κ1) is 11.7. The van der Waals surface area contributed by atoms with Gasteiger partial charge in [0.25, 0.3) is 0 Å². The second-order valence-electron chi connectivity index (χ2n) is 3.72. The molecule has 2 N–H and O–H groups in total. The third-order valence-electron chi connectivity index (χ3n) is 2.51. The smallest absolute Gasteiger partial charge is 0.140 e. The highest BCUT2D eigenvalue weighted by Crippen LogP contribution is 2.23. The molecule has 0 amide bonds. The van der Waals surface area contributed by atoms with Crippen LogP contribution in [0.25, 0.3) is 11.4 Å². The van der Waals surface area contributed by atoms with E-state index in [1.165, 1.54) is 12.3 Å². The van der Waals surface area contributed by atoms with Gasteiger partial charge in [-0.3, -0.25) is 0 Å². The van der Waals surface area contributed by atoms with Crippen LogP contribution in [0.5, 0.6) is 0 Å². The predicted molar refractivity (Wildman–Crippen MR) is 59.2 cm³/mol. The van der Waals surface area contributed by atoms with Crippen LogP contribution in [0.2, 0.25) is 0 Å². The summed E-state index contributed by atoms with van der Waals surface area (Å²) in [5, 5.41) is 9.57. The summed E-state index contributed by atoms with van der Waals surface area (Å²) in [6.45, 7) is 1.82. The monoisotopic (exact) mass is 238 g/mol. The van der Waals surface area contributed by atoms with E-state index in [9.17, 15) is 13.9 Å². The number of aliphatic hydroxyl groups excluding tert-OH is 1. The van der Waals surface area contributed by atoms with Gasteiger partial charge in [-0.05, 0) is 18.6 Å². The third kappa shape index (κ3) is 2.34. The predicted octanol–water partition coefficient (Wildman–Crippen LogP) is 2.80. The minimum absolute atomic E-state index is 0.181. The second-order valence-corrected chi connectivity index (χ2v) is 3.72. The van der Waals surface area contributed by atoms with Crippen LogP contribution in [-0.4, -0.2) is 15.1 Å². The zero-order valence-corrected chi connectivity index (χ0v) is 9.24. The lowest BCUT2D eigenvalue weighted by Crippen LogP contribution is -1.95. The fourth-order valence-corrected chi connectivity index (χ4v) is 1.54. The fourth-order valence-electron chi connectivity index (χ4n) is 1.54. The van der Waals surface area contributed by atoms with Gasteiger partial charge in [-0.15, -0.1) is 0 Å². The first-order valence-electron chi connectivity index (χ1n) is 5.30. The summed E-state index contributed by atoms with van der Waals surface area (Å²) in [6.07, 6.45) is 1.37. The normalized spacial score (nSPS) is 12.7. The molecule has 1 aromatic carbocycles. The topological polar surface area (TPSA) is 48.9 Å². The zero-order valence-electron chi connectivity index (χ0n) is 9.24. The van der Waals surface area contributed by atoms with Gasteiger partial charge in [-0.25, -0.2) is 13.8 Å². The number of rotatable bonds is 3. The number of imidazole rings is 1. The quantitative estimate of drug-likeness (QED) is 0.863. The number of nitrogens with zero attached hydrogens (tertiary/aromatic N) is 1. The van der Waals surface area contributed by atoms with Crippen LogP contribution in [0.3, 0.4) is 0 Å².